The van der Waals surface area contributed by atoms with Crippen molar-refractivity contribution in [3.63, 3.8) is 0 Å². The van der Waals surface area contributed by atoms with Gasteiger partial charge in [-0.1, -0.05) is 0 Å². The Labute approximate surface area is 146 Å². The van der Waals surface area contributed by atoms with Crippen LogP contribution in [0, 0.1) is 6.92 Å². The second-order valence-corrected chi connectivity index (χ2v) is 7.21. The van der Waals surface area contributed by atoms with E-state index in [4.69, 9.17) is 0 Å². The highest BCUT2D eigenvalue weighted by Crippen LogP contribution is 2.18. The van der Waals surface area contributed by atoms with Crippen molar-refractivity contribution >= 4 is 34.6 Å². The minimum atomic E-state index is -0.233. The van der Waals surface area contributed by atoms with Crippen molar-refractivity contribution in [2.24, 2.45) is 0 Å². The van der Waals surface area contributed by atoms with Crippen LogP contribution < -0.4 is 15.5 Å². The van der Waals surface area contributed by atoms with Crippen molar-refractivity contribution in [3.05, 3.63) is 46.2 Å². The van der Waals surface area contributed by atoms with Gasteiger partial charge in [0.1, 0.15) is 0 Å². The van der Waals surface area contributed by atoms with E-state index in [2.05, 4.69) is 29.7 Å². The molecule has 0 saturated heterocycles. The average molecular weight is 345 g/mol. The van der Waals surface area contributed by atoms with Crippen LogP contribution in [0.5, 0.6) is 0 Å². The zero-order valence-corrected chi connectivity index (χ0v) is 15.2. The Kier molecular flexibility index (Phi) is 5.98. The molecule has 0 spiro atoms. The molecule has 0 aliphatic rings. The normalized spacial score (nSPS) is 11.7. The SMILES string of the molecule is CC(=O)N(C)c1ccc(NC(=O)NC(C)Cc2ccc(C)s2)cc1. The molecule has 1 aromatic heterocycles. The van der Waals surface area contributed by atoms with Gasteiger partial charge in [0.15, 0.2) is 0 Å². The Morgan fingerprint density at radius 2 is 1.83 bits per heavy atom. The van der Waals surface area contributed by atoms with Gasteiger partial charge < -0.3 is 15.5 Å². The summed E-state index contributed by atoms with van der Waals surface area (Å²) in [5, 5.41) is 5.74. The van der Waals surface area contributed by atoms with Crippen molar-refractivity contribution in [3.8, 4) is 0 Å². The van der Waals surface area contributed by atoms with Gasteiger partial charge in [-0.3, -0.25) is 4.79 Å². The van der Waals surface area contributed by atoms with Crippen molar-refractivity contribution < 1.29 is 9.59 Å². The fourth-order valence-electron chi connectivity index (χ4n) is 2.29. The zero-order valence-electron chi connectivity index (χ0n) is 14.4. The molecule has 1 heterocycles. The van der Waals surface area contributed by atoms with E-state index < -0.39 is 0 Å². The number of hydrogen-bond acceptors (Lipinski definition) is 3. The van der Waals surface area contributed by atoms with E-state index in [0.29, 0.717) is 5.69 Å². The lowest BCUT2D eigenvalue weighted by atomic mass is 10.2. The van der Waals surface area contributed by atoms with Gasteiger partial charge in [0.05, 0.1) is 0 Å². The number of carbonyl (C=O) groups excluding carboxylic acids is 2. The number of anilines is 2. The number of nitrogens with one attached hydrogen (secondary N) is 2. The Hall–Kier alpha value is -2.34. The van der Waals surface area contributed by atoms with Gasteiger partial charge in [-0.05, 0) is 50.2 Å². The molecule has 0 bridgehead atoms. The highest BCUT2D eigenvalue weighted by molar-refractivity contribution is 7.11. The van der Waals surface area contributed by atoms with E-state index in [9.17, 15) is 9.59 Å². The maximum atomic E-state index is 12.1. The Bertz CT molecular complexity index is 709. The molecule has 6 heteroatoms. The molecule has 0 aliphatic heterocycles. The Balaban J connectivity index is 1.86. The maximum Gasteiger partial charge on any atom is 0.319 e. The van der Waals surface area contributed by atoms with Gasteiger partial charge in [0, 0.05) is 47.6 Å². The molecule has 5 nitrogen and oxygen atoms in total. The van der Waals surface area contributed by atoms with Crippen LogP contribution in [-0.4, -0.2) is 25.0 Å². The fraction of sp³-hybridized carbons (Fsp3) is 0.333. The molecule has 1 aromatic carbocycles. The molecule has 2 aromatic rings. The average Bonchev–Trinajstić information content (AvgIpc) is 2.91. The third-order valence-electron chi connectivity index (χ3n) is 3.67. The third kappa shape index (κ3) is 5.09. The van der Waals surface area contributed by atoms with Crippen LogP contribution in [0.4, 0.5) is 16.2 Å². The van der Waals surface area contributed by atoms with Crippen LogP contribution in [0.3, 0.4) is 0 Å². The fourth-order valence-corrected chi connectivity index (χ4v) is 3.31. The van der Waals surface area contributed by atoms with E-state index in [1.807, 2.05) is 6.92 Å². The highest BCUT2D eigenvalue weighted by atomic mass is 32.1. The van der Waals surface area contributed by atoms with Crippen LogP contribution in [0.25, 0.3) is 0 Å². The molecule has 0 saturated carbocycles. The lowest BCUT2D eigenvalue weighted by Gasteiger charge is -2.16. The quantitative estimate of drug-likeness (QED) is 0.866. The molecule has 1 unspecified atom stereocenters. The van der Waals surface area contributed by atoms with Crippen LogP contribution >= 0.6 is 11.3 Å². The summed E-state index contributed by atoms with van der Waals surface area (Å²) in [6.07, 6.45) is 0.814. The number of urea groups is 1. The van der Waals surface area contributed by atoms with E-state index in [1.54, 1.807) is 47.5 Å². The molecule has 3 amide bonds. The molecule has 2 rings (SSSR count). The summed E-state index contributed by atoms with van der Waals surface area (Å²) in [7, 11) is 1.71. The molecule has 0 radical (unpaired) electrons. The highest BCUT2D eigenvalue weighted by Gasteiger charge is 2.10. The largest absolute Gasteiger partial charge is 0.335 e. The molecule has 128 valence electrons. The number of aryl methyl sites for hydroxylation is 1. The summed E-state index contributed by atoms with van der Waals surface area (Å²) in [5.41, 5.74) is 1.47. The van der Waals surface area contributed by atoms with Gasteiger partial charge in [0.2, 0.25) is 5.91 Å². The van der Waals surface area contributed by atoms with Crippen LogP contribution in [0.1, 0.15) is 23.6 Å². The number of benzene rings is 1. The summed E-state index contributed by atoms with van der Waals surface area (Å²) in [5.74, 6) is -0.0360. The van der Waals surface area contributed by atoms with Crippen molar-refractivity contribution in [1.82, 2.24) is 5.32 Å². The third-order valence-corrected chi connectivity index (χ3v) is 4.69. The monoisotopic (exact) mass is 345 g/mol. The van der Waals surface area contributed by atoms with Crippen LogP contribution in [0.2, 0.25) is 0 Å². The van der Waals surface area contributed by atoms with E-state index in [-0.39, 0.29) is 18.0 Å². The van der Waals surface area contributed by atoms with E-state index in [1.165, 1.54) is 16.7 Å². The number of nitrogens with zero attached hydrogens (tertiary/aromatic N) is 1. The number of hydrogen-bond donors (Lipinski definition) is 2. The van der Waals surface area contributed by atoms with Crippen LogP contribution in [-0.2, 0) is 11.2 Å². The van der Waals surface area contributed by atoms with Gasteiger partial charge in [0.25, 0.3) is 0 Å². The number of thiophene rings is 1. The van der Waals surface area contributed by atoms with Crippen molar-refractivity contribution in [1.29, 1.82) is 0 Å². The summed E-state index contributed by atoms with van der Waals surface area (Å²) >= 11 is 1.75. The molecule has 2 N–H and O–H groups in total. The van der Waals surface area contributed by atoms with Gasteiger partial charge in [-0.25, -0.2) is 4.79 Å². The maximum absolute atomic E-state index is 12.1. The first-order chi connectivity index (χ1) is 11.3. The van der Waals surface area contributed by atoms with Crippen molar-refractivity contribution in [2.75, 3.05) is 17.3 Å². The Morgan fingerprint density at radius 1 is 1.17 bits per heavy atom. The van der Waals surface area contributed by atoms with Gasteiger partial charge in [-0.2, -0.15) is 0 Å². The number of amides is 3. The number of carbonyl (C=O) groups is 2. The summed E-state index contributed by atoms with van der Waals surface area (Å²) in [6, 6.07) is 11.2. The summed E-state index contributed by atoms with van der Waals surface area (Å²) in [4.78, 5) is 27.5. The summed E-state index contributed by atoms with van der Waals surface area (Å²) in [6.45, 7) is 5.57. The first kappa shape index (κ1) is 18.0. The molecule has 0 aliphatic carbocycles. The van der Waals surface area contributed by atoms with Crippen LogP contribution in [0.15, 0.2) is 36.4 Å². The van der Waals surface area contributed by atoms with Gasteiger partial charge >= 0.3 is 6.03 Å². The first-order valence-electron chi connectivity index (χ1n) is 7.82. The van der Waals surface area contributed by atoms with E-state index >= 15 is 0 Å². The molecular formula is C18H23N3O2S. The predicted molar refractivity (Wildman–Crippen MR) is 99.9 cm³/mol. The minimum Gasteiger partial charge on any atom is -0.335 e. The van der Waals surface area contributed by atoms with Crippen molar-refractivity contribution in [2.45, 2.75) is 33.2 Å². The molecule has 0 fully saturated rings. The summed E-state index contributed by atoms with van der Waals surface area (Å²) < 4.78 is 0. The molecular weight excluding hydrogens is 322 g/mol. The predicted octanol–water partition coefficient (Wildman–Crippen LogP) is 3.79. The second-order valence-electron chi connectivity index (χ2n) is 5.84. The molecule has 1 atom stereocenters. The lowest BCUT2D eigenvalue weighted by Crippen LogP contribution is -2.37. The van der Waals surface area contributed by atoms with Gasteiger partial charge in [-0.15, -0.1) is 11.3 Å². The standard InChI is InChI=1S/C18H23N3O2S/c1-12(11-17-10-5-13(2)24-17)19-18(23)20-15-6-8-16(9-7-15)21(4)14(3)22/h5-10,12H,11H2,1-4H3,(H2,19,20,23). The smallest absolute Gasteiger partial charge is 0.319 e. The topological polar surface area (TPSA) is 61.4 Å². The lowest BCUT2D eigenvalue weighted by molar-refractivity contribution is -0.116. The Morgan fingerprint density at radius 3 is 2.38 bits per heavy atom. The second kappa shape index (κ2) is 7.97. The first-order valence-corrected chi connectivity index (χ1v) is 8.64. The molecule has 24 heavy (non-hydrogen) atoms. The minimum absolute atomic E-state index is 0.0360. The zero-order chi connectivity index (χ0) is 17.7. The van der Waals surface area contributed by atoms with E-state index in [0.717, 1.165) is 12.1 Å². The number of rotatable bonds is 5.